The fourth-order valence-electron chi connectivity index (χ4n) is 5.25. The predicted molar refractivity (Wildman–Crippen MR) is 114 cm³/mol. The fraction of sp³-hybridized carbons (Fsp3) is 0.435. The van der Waals surface area contributed by atoms with Gasteiger partial charge in [0.05, 0.1) is 23.8 Å². The van der Waals surface area contributed by atoms with E-state index in [1.807, 2.05) is 0 Å². The Hall–Kier alpha value is -2.29. The first-order valence-electron chi connectivity index (χ1n) is 10.7. The molecule has 1 aliphatic carbocycles. The van der Waals surface area contributed by atoms with Crippen molar-refractivity contribution < 1.29 is 22.3 Å². The third-order valence-electron chi connectivity index (χ3n) is 6.77. The maximum absolute atomic E-state index is 14.8. The van der Waals surface area contributed by atoms with Crippen molar-refractivity contribution in [2.24, 2.45) is 0 Å². The Kier molecular flexibility index (Phi) is 5.11. The number of ether oxygens (including phenoxy) is 1. The molecule has 0 aromatic heterocycles. The standard InChI is InChI=1S/C23H25FN2O4S/c24-19-7-4-8-20-21(19)23(9-1-2-10-23)16-26(20)22(27)17-5-3-6-18(15-17)31(28,29)25-11-13-30-14-12-25/h3-8,15H,1-2,9-14,16H2. The molecule has 0 unspecified atom stereocenters. The van der Waals surface area contributed by atoms with Crippen molar-refractivity contribution in [2.75, 3.05) is 37.7 Å². The molecule has 2 fully saturated rings. The Bertz CT molecular complexity index is 1120. The Morgan fingerprint density at radius 3 is 2.48 bits per heavy atom. The van der Waals surface area contributed by atoms with E-state index in [0.29, 0.717) is 49.7 Å². The number of amides is 1. The number of morpholine rings is 1. The van der Waals surface area contributed by atoms with Crippen LogP contribution in [0, 0.1) is 5.82 Å². The number of hydrogen-bond acceptors (Lipinski definition) is 4. The summed E-state index contributed by atoms with van der Waals surface area (Å²) >= 11 is 0. The number of fused-ring (bicyclic) bond motifs is 2. The molecule has 2 aliphatic heterocycles. The molecular formula is C23H25FN2O4S. The van der Waals surface area contributed by atoms with Gasteiger partial charge in [0.15, 0.2) is 0 Å². The highest BCUT2D eigenvalue weighted by Gasteiger charge is 2.48. The highest BCUT2D eigenvalue weighted by Crippen LogP contribution is 2.51. The van der Waals surface area contributed by atoms with Crippen LogP contribution in [-0.4, -0.2) is 51.5 Å². The summed E-state index contributed by atoms with van der Waals surface area (Å²) in [4.78, 5) is 15.2. The van der Waals surface area contributed by atoms with E-state index in [0.717, 1.165) is 25.7 Å². The van der Waals surface area contributed by atoms with Crippen LogP contribution in [0.4, 0.5) is 10.1 Å². The molecule has 0 atom stereocenters. The molecule has 8 heteroatoms. The van der Waals surface area contributed by atoms with Crippen LogP contribution in [0.2, 0.25) is 0 Å². The van der Waals surface area contributed by atoms with Crippen LogP contribution < -0.4 is 4.90 Å². The molecule has 3 aliphatic rings. The molecule has 0 radical (unpaired) electrons. The quantitative estimate of drug-likeness (QED) is 0.729. The van der Waals surface area contributed by atoms with Crippen LogP contribution in [0.15, 0.2) is 47.4 Å². The lowest BCUT2D eigenvalue weighted by Crippen LogP contribution is -2.40. The Morgan fingerprint density at radius 2 is 1.74 bits per heavy atom. The summed E-state index contributed by atoms with van der Waals surface area (Å²) in [7, 11) is -3.71. The van der Waals surface area contributed by atoms with Crippen molar-refractivity contribution in [1.82, 2.24) is 4.31 Å². The van der Waals surface area contributed by atoms with Gasteiger partial charge in [0, 0.05) is 36.2 Å². The number of anilines is 1. The number of sulfonamides is 1. The zero-order valence-corrected chi connectivity index (χ0v) is 18.0. The average Bonchev–Trinajstić information content (AvgIpc) is 3.40. The molecule has 2 heterocycles. The van der Waals surface area contributed by atoms with Gasteiger partial charge in [0.2, 0.25) is 10.0 Å². The van der Waals surface area contributed by atoms with Gasteiger partial charge < -0.3 is 9.64 Å². The van der Waals surface area contributed by atoms with Crippen LogP contribution in [0.1, 0.15) is 41.6 Å². The summed E-state index contributed by atoms with van der Waals surface area (Å²) in [6.07, 6.45) is 3.75. The van der Waals surface area contributed by atoms with E-state index in [1.54, 1.807) is 29.2 Å². The molecule has 1 amide bonds. The minimum Gasteiger partial charge on any atom is -0.379 e. The number of carbonyl (C=O) groups is 1. The number of carbonyl (C=O) groups excluding carboxylic acids is 1. The number of halogens is 1. The van der Waals surface area contributed by atoms with Crippen molar-refractivity contribution in [3.8, 4) is 0 Å². The minimum absolute atomic E-state index is 0.0921. The summed E-state index contributed by atoms with van der Waals surface area (Å²) in [5.41, 5.74) is 1.19. The normalized spacial score (nSPS) is 20.9. The Morgan fingerprint density at radius 1 is 1.03 bits per heavy atom. The van der Waals surface area contributed by atoms with E-state index in [-0.39, 0.29) is 22.0 Å². The minimum atomic E-state index is -3.71. The zero-order chi connectivity index (χ0) is 21.6. The van der Waals surface area contributed by atoms with Gasteiger partial charge in [0.1, 0.15) is 5.82 Å². The number of nitrogens with zero attached hydrogens (tertiary/aromatic N) is 2. The van der Waals surface area contributed by atoms with E-state index in [4.69, 9.17) is 4.74 Å². The van der Waals surface area contributed by atoms with Crippen molar-refractivity contribution in [3.05, 3.63) is 59.4 Å². The third-order valence-corrected chi connectivity index (χ3v) is 8.66. The second-order valence-electron chi connectivity index (χ2n) is 8.56. The second kappa shape index (κ2) is 7.69. The molecule has 2 aromatic rings. The highest BCUT2D eigenvalue weighted by molar-refractivity contribution is 7.89. The third kappa shape index (κ3) is 3.37. The number of benzene rings is 2. The van der Waals surface area contributed by atoms with Crippen molar-refractivity contribution >= 4 is 21.6 Å². The van der Waals surface area contributed by atoms with Gasteiger partial charge in [-0.3, -0.25) is 4.79 Å². The Balaban J connectivity index is 1.49. The smallest absolute Gasteiger partial charge is 0.258 e. The van der Waals surface area contributed by atoms with Gasteiger partial charge in [-0.2, -0.15) is 4.31 Å². The number of hydrogen-bond donors (Lipinski definition) is 0. The van der Waals surface area contributed by atoms with Crippen molar-refractivity contribution in [2.45, 2.75) is 36.0 Å². The monoisotopic (exact) mass is 444 g/mol. The van der Waals surface area contributed by atoms with Gasteiger partial charge in [-0.1, -0.05) is 25.0 Å². The van der Waals surface area contributed by atoms with Gasteiger partial charge in [-0.05, 0) is 43.2 Å². The van der Waals surface area contributed by atoms with Crippen LogP contribution >= 0.6 is 0 Å². The molecule has 0 bridgehead atoms. The van der Waals surface area contributed by atoms with Gasteiger partial charge in [-0.15, -0.1) is 0 Å². The summed E-state index contributed by atoms with van der Waals surface area (Å²) < 4.78 is 47.5. The summed E-state index contributed by atoms with van der Waals surface area (Å²) in [5.74, 6) is -0.562. The first kappa shape index (κ1) is 20.6. The number of rotatable bonds is 3. The van der Waals surface area contributed by atoms with Crippen molar-refractivity contribution in [3.63, 3.8) is 0 Å². The summed E-state index contributed by atoms with van der Waals surface area (Å²) in [5, 5.41) is 0. The highest BCUT2D eigenvalue weighted by atomic mass is 32.2. The summed E-state index contributed by atoms with van der Waals surface area (Å²) in [6.45, 7) is 1.73. The maximum Gasteiger partial charge on any atom is 0.258 e. The molecule has 6 nitrogen and oxygen atoms in total. The van der Waals surface area contributed by atoms with E-state index in [1.165, 1.54) is 22.5 Å². The van der Waals surface area contributed by atoms with Crippen molar-refractivity contribution in [1.29, 1.82) is 0 Å². The van der Waals surface area contributed by atoms with Crippen LogP contribution in [0.5, 0.6) is 0 Å². The average molecular weight is 445 g/mol. The predicted octanol–water partition coefficient (Wildman–Crippen LogP) is 3.32. The van der Waals surface area contributed by atoms with Gasteiger partial charge >= 0.3 is 0 Å². The molecule has 164 valence electrons. The largest absolute Gasteiger partial charge is 0.379 e. The van der Waals surface area contributed by atoms with Gasteiger partial charge in [0.25, 0.3) is 5.91 Å². The van der Waals surface area contributed by atoms with E-state index >= 15 is 0 Å². The summed E-state index contributed by atoms with van der Waals surface area (Å²) in [6, 6.07) is 11.0. The molecule has 1 saturated carbocycles. The SMILES string of the molecule is O=C(c1cccc(S(=O)(=O)N2CCOCC2)c1)N1CC2(CCCC2)c2c(F)cccc21. The van der Waals surface area contributed by atoms with E-state index < -0.39 is 10.0 Å². The lowest BCUT2D eigenvalue weighted by Gasteiger charge is -2.26. The molecule has 5 rings (SSSR count). The molecule has 31 heavy (non-hydrogen) atoms. The Labute approximate surface area is 181 Å². The second-order valence-corrected chi connectivity index (χ2v) is 10.5. The topological polar surface area (TPSA) is 66.9 Å². The van der Waals surface area contributed by atoms with Crippen LogP contribution in [0.25, 0.3) is 0 Å². The maximum atomic E-state index is 14.8. The molecule has 0 N–H and O–H groups in total. The molecular weight excluding hydrogens is 419 g/mol. The van der Waals surface area contributed by atoms with Crippen LogP contribution in [0.3, 0.4) is 0 Å². The first-order valence-corrected chi connectivity index (χ1v) is 12.2. The lowest BCUT2D eigenvalue weighted by atomic mass is 9.80. The molecule has 2 aromatic carbocycles. The van der Waals surface area contributed by atoms with E-state index in [2.05, 4.69) is 0 Å². The first-order chi connectivity index (χ1) is 14.9. The van der Waals surface area contributed by atoms with Gasteiger partial charge in [-0.25, -0.2) is 12.8 Å². The zero-order valence-electron chi connectivity index (χ0n) is 17.2. The molecule has 1 spiro atoms. The fourth-order valence-corrected chi connectivity index (χ4v) is 6.71. The lowest BCUT2D eigenvalue weighted by molar-refractivity contribution is 0.0730. The van der Waals surface area contributed by atoms with Crippen LogP contribution in [-0.2, 0) is 20.2 Å². The molecule has 1 saturated heterocycles. The van der Waals surface area contributed by atoms with E-state index in [9.17, 15) is 17.6 Å².